The lowest BCUT2D eigenvalue weighted by Gasteiger charge is -2.33. The van der Waals surface area contributed by atoms with Crippen LogP contribution < -0.4 is 5.43 Å². The summed E-state index contributed by atoms with van der Waals surface area (Å²) in [5.41, 5.74) is -1.95. The number of alkyl halides is 1. The molecule has 8 heteroatoms. The molecule has 3 aromatic rings. The van der Waals surface area contributed by atoms with Crippen LogP contribution in [0.2, 0.25) is 0 Å². The van der Waals surface area contributed by atoms with Gasteiger partial charge in [0.15, 0.2) is 5.82 Å². The van der Waals surface area contributed by atoms with E-state index < -0.39 is 46.0 Å². The number of rotatable bonds is 3. The monoisotopic (exact) mass is 377 g/mol. The van der Waals surface area contributed by atoms with Gasteiger partial charge in [0.05, 0.1) is 21.5 Å². The minimum Gasteiger partial charge on any atom is -0.477 e. The Bertz CT molecular complexity index is 1130. The molecule has 0 spiro atoms. The van der Waals surface area contributed by atoms with Crippen molar-refractivity contribution in [2.45, 2.75) is 10.4 Å². The van der Waals surface area contributed by atoms with Crippen LogP contribution in [-0.4, -0.2) is 22.3 Å². The molecule has 0 bridgehead atoms. The number of halogens is 3. The van der Waals surface area contributed by atoms with Crippen molar-refractivity contribution in [3.63, 3.8) is 0 Å². The predicted molar refractivity (Wildman–Crippen MR) is 91.4 cm³/mol. The van der Waals surface area contributed by atoms with E-state index in [0.29, 0.717) is 0 Å². The van der Waals surface area contributed by atoms with Crippen LogP contribution in [0.25, 0.3) is 22.0 Å². The number of aromatic carboxylic acids is 1. The van der Waals surface area contributed by atoms with Crippen molar-refractivity contribution >= 4 is 28.6 Å². The summed E-state index contributed by atoms with van der Waals surface area (Å²) in [5.74, 6) is -3.52. The van der Waals surface area contributed by atoms with Gasteiger partial charge in [0.2, 0.25) is 5.43 Å². The highest BCUT2D eigenvalue weighted by molar-refractivity contribution is 8.00. The molecule has 26 heavy (non-hydrogen) atoms. The molecule has 1 unspecified atom stereocenters. The predicted octanol–water partition coefficient (Wildman–Crippen LogP) is 4.22. The standard InChI is InChI=1S/C18H10F3NO3S/c19-7-11-22-15-9(16(23)13(18(24)25)17(22)26-11)6-10(20)12(14(15)21)8-4-2-1-3-5-8/h1-6,11H,7H2,(H,24,25). The summed E-state index contributed by atoms with van der Waals surface area (Å²) < 4.78 is 44.2. The zero-order chi connectivity index (χ0) is 18.6. The van der Waals surface area contributed by atoms with Gasteiger partial charge in [0.25, 0.3) is 0 Å². The average Bonchev–Trinajstić information content (AvgIpc) is 2.59. The molecule has 1 N–H and O–H groups in total. The first-order valence-electron chi connectivity index (χ1n) is 7.57. The van der Waals surface area contributed by atoms with Gasteiger partial charge in [-0.25, -0.2) is 18.0 Å². The molecule has 0 saturated carbocycles. The van der Waals surface area contributed by atoms with Gasteiger partial charge >= 0.3 is 5.97 Å². The van der Waals surface area contributed by atoms with E-state index in [1.807, 2.05) is 0 Å². The minimum atomic E-state index is -1.52. The Morgan fingerprint density at radius 3 is 2.54 bits per heavy atom. The highest BCUT2D eigenvalue weighted by Crippen LogP contribution is 2.48. The second-order valence-electron chi connectivity index (χ2n) is 5.72. The van der Waals surface area contributed by atoms with Crippen molar-refractivity contribution in [3.05, 3.63) is 63.8 Å². The van der Waals surface area contributed by atoms with Crippen molar-refractivity contribution < 1.29 is 23.1 Å². The first kappa shape index (κ1) is 16.7. The number of benzene rings is 2. The van der Waals surface area contributed by atoms with E-state index in [0.717, 1.165) is 22.4 Å². The van der Waals surface area contributed by atoms with E-state index >= 15 is 4.39 Å². The maximum absolute atomic E-state index is 15.2. The van der Waals surface area contributed by atoms with Gasteiger partial charge in [-0.2, -0.15) is 0 Å². The molecule has 1 atom stereocenters. The fourth-order valence-corrected chi connectivity index (χ4v) is 4.26. The van der Waals surface area contributed by atoms with Crippen LogP contribution >= 0.6 is 11.8 Å². The zero-order valence-electron chi connectivity index (χ0n) is 13.0. The summed E-state index contributed by atoms with van der Waals surface area (Å²) >= 11 is 0.844. The third-order valence-corrected chi connectivity index (χ3v) is 5.51. The topological polar surface area (TPSA) is 59.3 Å². The van der Waals surface area contributed by atoms with Crippen LogP contribution in [0.5, 0.6) is 0 Å². The lowest BCUT2D eigenvalue weighted by Crippen LogP contribution is -2.30. The fourth-order valence-electron chi connectivity index (χ4n) is 3.15. The largest absolute Gasteiger partial charge is 0.477 e. The van der Waals surface area contributed by atoms with Crippen molar-refractivity contribution in [3.8, 4) is 11.1 Å². The zero-order valence-corrected chi connectivity index (χ0v) is 13.8. The van der Waals surface area contributed by atoms with Gasteiger partial charge in [-0.3, -0.25) is 4.79 Å². The Balaban J connectivity index is 2.17. The van der Waals surface area contributed by atoms with Gasteiger partial charge in [0.1, 0.15) is 23.4 Å². The van der Waals surface area contributed by atoms with Crippen molar-refractivity contribution in [2.24, 2.45) is 0 Å². The molecule has 2 heterocycles. The van der Waals surface area contributed by atoms with Gasteiger partial charge in [0, 0.05) is 0 Å². The number of carboxylic acid groups (broad SMARTS) is 1. The van der Waals surface area contributed by atoms with E-state index in [9.17, 15) is 23.5 Å². The van der Waals surface area contributed by atoms with E-state index in [1.165, 1.54) is 12.1 Å². The van der Waals surface area contributed by atoms with E-state index in [1.54, 1.807) is 18.2 Å². The van der Waals surface area contributed by atoms with Crippen molar-refractivity contribution in [1.29, 1.82) is 0 Å². The summed E-state index contributed by atoms with van der Waals surface area (Å²) in [7, 11) is 0. The third kappa shape index (κ3) is 2.18. The third-order valence-electron chi connectivity index (χ3n) is 4.28. The Kier molecular flexibility index (Phi) is 3.80. The quantitative estimate of drug-likeness (QED) is 0.743. The second-order valence-corrected chi connectivity index (χ2v) is 6.89. The molecule has 0 aliphatic carbocycles. The first-order chi connectivity index (χ1) is 12.5. The Morgan fingerprint density at radius 2 is 1.92 bits per heavy atom. The number of thioether (sulfide) groups is 1. The van der Waals surface area contributed by atoms with Crippen LogP contribution in [0.4, 0.5) is 13.2 Å². The molecular weight excluding hydrogens is 367 g/mol. The van der Waals surface area contributed by atoms with Gasteiger partial charge in [-0.05, 0) is 11.6 Å². The maximum Gasteiger partial charge on any atom is 0.342 e. The summed E-state index contributed by atoms with van der Waals surface area (Å²) in [6, 6.07) is 8.74. The van der Waals surface area contributed by atoms with Crippen LogP contribution in [0, 0.1) is 11.6 Å². The van der Waals surface area contributed by atoms with Gasteiger partial charge in [-0.15, -0.1) is 0 Å². The number of hydrogen-bond donors (Lipinski definition) is 1. The normalized spacial score (nSPS) is 15.6. The molecule has 4 nitrogen and oxygen atoms in total. The number of pyridine rings is 1. The van der Waals surface area contributed by atoms with Crippen molar-refractivity contribution in [2.75, 3.05) is 6.67 Å². The Hall–Kier alpha value is -2.74. The van der Waals surface area contributed by atoms with E-state index in [4.69, 9.17) is 0 Å². The molecule has 0 radical (unpaired) electrons. The molecule has 0 amide bonds. The average molecular weight is 377 g/mol. The molecule has 0 fully saturated rings. The fraction of sp³-hybridized carbons (Fsp3) is 0.111. The summed E-state index contributed by atoms with van der Waals surface area (Å²) in [4.78, 5) is 23.9. The lowest BCUT2D eigenvalue weighted by molar-refractivity contribution is 0.0689. The highest BCUT2D eigenvalue weighted by atomic mass is 32.2. The second kappa shape index (κ2) is 5.91. The molecule has 132 valence electrons. The van der Waals surface area contributed by atoms with E-state index in [-0.39, 0.29) is 21.7 Å². The molecule has 1 aromatic heterocycles. The summed E-state index contributed by atoms with van der Waals surface area (Å²) in [6.45, 7) is -0.883. The van der Waals surface area contributed by atoms with Crippen molar-refractivity contribution in [1.82, 2.24) is 4.57 Å². The number of carbonyl (C=O) groups is 1. The first-order valence-corrected chi connectivity index (χ1v) is 8.45. The van der Waals surface area contributed by atoms with Crippen LogP contribution in [0.1, 0.15) is 15.7 Å². The van der Waals surface area contributed by atoms with E-state index in [2.05, 4.69) is 0 Å². The lowest BCUT2D eigenvalue weighted by atomic mass is 10.0. The number of fused-ring (bicyclic) bond motifs is 3. The van der Waals surface area contributed by atoms with Gasteiger partial charge in [-0.1, -0.05) is 42.1 Å². The molecule has 1 aliphatic heterocycles. The number of hydrogen-bond acceptors (Lipinski definition) is 3. The van der Waals surface area contributed by atoms with Crippen LogP contribution in [0.3, 0.4) is 0 Å². The molecule has 1 aliphatic rings. The Morgan fingerprint density at radius 1 is 1.23 bits per heavy atom. The molecular formula is C18H10F3NO3S. The molecule has 0 saturated heterocycles. The Labute approximate surface area is 148 Å². The summed E-state index contributed by atoms with van der Waals surface area (Å²) in [5, 5.41) is 7.98. The van der Waals surface area contributed by atoms with Gasteiger partial charge < -0.3 is 9.67 Å². The number of nitrogens with zero attached hydrogens (tertiary/aromatic N) is 1. The van der Waals surface area contributed by atoms with Crippen LogP contribution in [-0.2, 0) is 0 Å². The highest BCUT2D eigenvalue weighted by Gasteiger charge is 2.37. The maximum atomic E-state index is 15.2. The number of carboxylic acids is 1. The molecule has 4 rings (SSSR count). The summed E-state index contributed by atoms with van der Waals surface area (Å²) in [6.07, 6.45) is 0. The molecule has 2 aromatic carbocycles. The smallest absolute Gasteiger partial charge is 0.342 e. The SMILES string of the molecule is O=C(O)c1c2n(c3c(F)c(-c4ccccc4)c(F)cc3c1=O)C(CF)S2. The minimum absolute atomic E-state index is 0.0258. The number of aromatic nitrogens is 1. The van der Waals surface area contributed by atoms with Crippen LogP contribution in [0.15, 0.2) is 46.2 Å².